The van der Waals surface area contributed by atoms with Crippen LogP contribution in [0.4, 0.5) is 5.69 Å². The van der Waals surface area contributed by atoms with E-state index in [0.29, 0.717) is 6.42 Å². The topological polar surface area (TPSA) is 86.8 Å². The smallest absolute Gasteiger partial charge is 0.244 e. The van der Waals surface area contributed by atoms with Gasteiger partial charge in [0.1, 0.15) is 12.6 Å². The second-order valence-electron chi connectivity index (χ2n) is 7.39. The third kappa shape index (κ3) is 6.37. The molecule has 0 spiro atoms. The maximum Gasteiger partial charge on any atom is 0.244 e. The molecular weight excluding hydrogens is 473 g/mol. The van der Waals surface area contributed by atoms with Gasteiger partial charge in [0.2, 0.25) is 21.8 Å². The summed E-state index contributed by atoms with van der Waals surface area (Å²) in [5.41, 5.74) is 1.97. The number of carbonyl (C=O) groups is 2. The molecule has 2 rings (SSSR count). The van der Waals surface area contributed by atoms with E-state index < -0.39 is 28.5 Å². The van der Waals surface area contributed by atoms with Crippen LogP contribution in [-0.2, 0) is 26.2 Å². The van der Waals surface area contributed by atoms with E-state index in [9.17, 15) is 18.0 Å². The van der Waals surface area contributed by atoms with Crippen LogP contribution in [0, 0.1) is 6.92 Å². The number of halogens is 2. The molecule has 0 saturated carbocycles. The minimum absolute atomic E-state index is 0.0239. The summed E-state index contributed by atoms with van der Waals surface area (Å²) in [5, 5.41) is 2.76. The van der Waals surface area contributed by atoms with Gasteiger partial charge in [0, 0.05) is 13.6 Å². The molecule has 0 heterocycles. The zero-order valence-corrected chi connectivity index (χ0v) is 20.8. The number of nitrogens with one attached hydrogen (secondary N) is 1. The van der Waals surface area contributed by atoms with Crippen LogP contribution in [0.3, 0.4) is 0 Å². The summed E-state index contributed by atoms with van der Waals surface area (Å²) in [7, 11) is -2.39. The number of anilines is 1. The van der Waals surface area contributed by atoms with E-state index in [1.165, 1.54) is 24.1 Å². The normalized spacial score (nSPS) is 12.2. The highest BCUT2D eigenvalue weighted by atomic mass is 35.5. The second-order valence-corrected chi connectivity index (χ2v) is 10.1. The number of hydrogen-bond donors (Lipinski definition) is 1. The van der Waals surface area contributed by atoms with Crippen molar-refractivity contribution >= 4 is 50.7 Å². The Morgan fingerprint density at radius 2 is 1.72 bits per heavy atom. The van der Waals surface area contributed by atoms with Gasteiger partial charge in [0.15, 0.2) is 0 Å². The lowest BCUT2D eigenvalue weighted by atomic mass is 10.1. The van der Waals surface area contributed by atoms with E-state index in [1.54, 1.807) is 13.0 Å². The third-order valence-corrected chi connectivity index (χ3v) is 6.92. The molecule has 7 nitrogen and oxygen atoms in total. The summed E-state index contributed by atoms with van der Waals surface area (Å²) in [6, 6.07) is 11.3. The van der Waals surface area contributed by atoms with Crippen LogP contribution in [0.5, 0.6) is 0 Å². The highest BCUT2D eigenvalue weighted by Crippen LogP contribution is 2.33. The molecule has 1 N–H and O–H groups in total. The average Bonchev–Trinajstić information content (AvgIpc) is 2.74. The van der Waals surface area contributed by atoms with Gasteiger partial charge in [-0.15, -0.1) is 0 Å². The van der Waals surface area contributed by atoms with Crippen LogP contribution >= 0.6 is 23.2 Å². The molecule has 174 valence electrons. The minimum Gasteiger partial charge on any atom is -0.357 e. The Balaban J connectivity index is 2.46. The third-order valence-electron chi connectivity index (χ3n) is 4.98. The molecule has 2 aromatic rings. The number of hydrogen-bond acceptors (Lipinski definition) is 4. The molecule has 0 radical (unpaired) electrons. The van der Waals surface area contributed by atoms with Gasteiger partial charge in [-0.1, -0.05) is 66.0 Å². The van der Waals surface area contributed by atoms with Crippen molar-refractivity contribution in [2.45, 2.75) is 32.9 Å². The number of carbonyl (C=O) groups excluding carboxylic acids is 2. The van der Waals surface area contributed by atoms with Crippen molar-refractivity contribution in [1.82, 2.24) is 10.2 Å². The van der Waals surface area contributed by atoms with Crippen molar-refractivity contribution in [2.24, 2.45) is 0 Å². The first-order valence-corrected chi connectivity index (χ1v) is 12.6. The molecule has 0 aromatic heterocycles. The van der Waals surface area contributed by atoms with Crippen LogP contribution in [0.25, 0.3) is 0 Å². The molecule has 0 aliphatic rings. The van der Waals surface area contributed by atoms with Gasteiger partial charge < -0.3 is 10.2 Å². The van der Waals surface area contributed by atoms with Gasteiger partial charge in [0.25, 0.3) is 0 Å². The molecule has 1 atom stereocenters. The number of amides is 2. The molecular formula is C22H27Cl2N3O4S. The highest BCUT2D eigenvalue weighted by Gasteiger charge is 2.32. The Kier molecular flexibility index (Phi) is 8.95. The predicted molar refractivity (Wildman–Crippen MR) is 129 cm³/mol. The maximum absolute atomic E-state index is 13.4. The number of benzene rings is 2. The first-order chi connectivity index (χ1) is 15.0. The molecule has 0 fully saturated rings. The number of nitrogens with zero attached hydrogens (tertiary/aromatic N) is 2. The lowest BCUT2D eigenvalue weighted by molar-refractivity contribution is -0.140. The summed E-state index contributed by atoms with van der Waals surface area (Å²) < 4.78 is 26.0. The van der Waals surface area contributed by atoms with E-state index in [4.69, 9.17) is 23.2 Å². The van der Waals surface area contributed by atoms with Crippen LogP contribution in [0.15, 0.2) is 42.5 Å². The Morgan fingerprint density at radius 3 is 2.25 bits per heavy atom. The Bertz CT molecular complexity index is 1080. The number of likely N-dealkylation sites (N-methyl/N-ethyl adjacent to an activating group) is 1. The zero-order valence-electron chi connectivity index (χ0n) is 18.4. The maximum atomic E-state index is 13.4. The molecule has 0 saturated heterocycles. The SMILES string of the molecule is CC[C@@H](C(=O)NC)N(Cc1ccc(C)cc1)C(=O)CN(c1cccc(Cl)c1Cl)S(C)(=O)=O. The fourth-order valence-corrected chi connectivity index (χ4v) is 4.56. The summed E-state index contributed by atoms with van der Waals surface area (Å²) in [5.74, 6) is -0.873. The predicted octanol–water partition coefficient (Wildman–Crippen LogP) is 3.62. The van der Waals surface area contributed by atoms with Gasteiger partial charge >= 0.3 is 0 Å². The molecule has 0 aliphatic heterocycles. The first-order valence-electron chi connectivity index (χ1n) is 9.97. The van der Waals surface area contributed by atoms with Crippen molar-refractivity contribution in [3.63, 3.8) is 0 Å². The van der Waals surface area contributed by atoms with Crippen LogP contribution < -0.4 is 9.62 Å². The van der Waals surface area contributed by atoms with E-state index >= 15 is 0 Å². The molecule has 10 heteroatoms. The van der Waals surface area contributed by atoms with E-state index in [0.717, 1.165) is 21.7 Å². The summed E-state index contributed by atoms with van der Waals surface area (Å²) >= 11 is 12.3. The molecule has 2 amide bonds. The zero-order chi connectivity index (χ0) is 24.1. The van der Waals surface area contributed by atoms with Gasteiger partial charge in [0.05, 0.1) is 22.0 Å². The number of aryl methyl sites for hydroxylation is 1. The summed E-state index contributed by atoms with van der Waals surface area (Å²) in [4.78, 5) is 27.3. The largest absolute Gasteiger partial charge is 0.357 e. The molecule has 0 unspecified atom stereocenters. The monoisotopic (exact) mass is 499 g/mol. The minimum atomic E-state index is -3.88. The lowest BCUT2D eigenvalue weighted by Gasteiger charge is -2.32. The van der Waals surface area contributed by atoms with Crippen molar-refractivity contribution in [2.75, 3.05) is 24.2 Å². The molecule has 2 aromatic carbocycles. The quantitative estimate of drug-likeness (QED) is 0.570. The van der Waals surface area contributed by atoms with Gasteiger partial charge in [-0.25, -0.2) is 8.42 Å². The number of rotatable bonds is 9. The van der Waals surface area contributed by atoms with E-state index in [2.05, 4.69) is 5.32 Å². The Hall–Kier alpha value is -2.29. The first kappa shape index (κ1) is 26.0. The van der Waals surface area contributed by atoms with Gasteiger partial charge in [-0.05, 0) is 31.0 Å². The Morgan fingerprint density at radius 1 is 1.09 bits per heavy atom. The van der Waals surface area contributed by atoms with Crippen molar-refractivity contribution < 1.29 is 18.0 Å². The fraction of sp³-hybridized carbons (Fsp3) is 0.364. The molecule has 32 heavy (non-hydrogen) atoms. The van der Waals surface area contributed by atoms with Gasteiger partial charge in [-0.3, -0.25) is 13.9 Å². The van der Waals surface area contributed by atoms with Crippen molar-refractivity contribution in [3.05, 3.63) is 63.6 Å². The number of sulfonamides is 1. The van der Waals surface area contributed by atoms with Gasteiger partial charge in [-0.2, -0.15) is 0 Å². The van der Waals surface area contributed by atoms with E-state index in [-0.39, 0.29) is 28.2 Å². The highest BCUT2D eigenvalue weighted by molar-refractivity contribution is 7.92. The average molecular weight is 500 g/mol. The van der Waals surface area contributed by atoms with Crippen LogP contribution in [0.2, 0.25) is 10.0 Å². The molecule has 0 aliphatic carbocycles. The summed E-state index contributed by atoms with van der Waals surface area (Å²) in [6.07, 6.45) is 1.34. The van der Waals surface area contributed by atoms with Crippen molar-refractivity contribution in [3.8, 4) is 0 Å². The van der Waals surface area contributed by atoms with Crippen LogP contribution in [0.1, 0.15) is 24.5 Å². The molecule has 0 bridgehead atoms. The Labute approximate surface area is 199 Å². The second kappa shape index (κ2) is 11.0. The lowest BCUT2D eigenvalue weighted by Crippen LogP contribution is -2.51. The fourth-order valence-electron chi connectivity index (χ4n) is 3.26. The van der Waals surface area contributed by atoms with Crippen LogP contribution in [-0.4, -0.2) is 51.0 Å². The standard InChI is InChI=1S/C22H27Cl2N3O4S/c1-5-18(22(29)25-3)26(13-16-11-9-15(2)10-12-16)20(28)14-27(32(4,30)31)19-8-6-7-17(23)21(19)24/h6-12,18H,5,13-14H2,1-4H3,(H,25,29)/t18-/m0/s1. The van der Waals surface area contributed by atoms with Crippen molar-refractivity contribution in [1.29, 1.82) is 0 Å². The summed E-state index contributed by atoms with van der Waals surface area (Å²) in [6.45, 7) is 3.35. The van der Waals surface area contributed by atoms with E-state index in [1.807, 2.05) is 31.2 Å².